The van der Waals surface area contributed by atoms with Crippen LogP contribution in [-0.2, 0) is 4.74 Å². The topological polar surface area (TPSA) is 35.2 Å². The standard InChI is InChI=1S/C10H19NO/c1-5-7-8-9(11)10(3,6-2)12-4/h9H,6,8,11H2,1-4H3. The Bertz CT molecular complexity index is 174. The second-order valence-electron chi connectivity index (χ2n) is 3.11. The molecule has 70 valence electrons. The van der Waals surface area contributed by atoms with Gasteiger partial charge in [-0.3, -0.25) is 0 Å². The first-order valence-corrected chi connectivity index (χ1v) is 4.31. The number of methoxy groups -OCH3 is 1. The lowest BCUT2D eigenvalue weighted by Crippen LogP contribution is -2.46. The molecule has 0 aromatic carbocycles. The molecule has 2 unspecified atom stereocenters. The van der Waals surface area contributed by atoms with Crippen molar-refractivity contribution >= 4 is 0 Å². The molecule has 0 fully saturated rings. The molecule has 0 heterocycles. The number of hydrogen-bond acceptors (Lipinski definition) is 2. The van der Waals surface area contributed by atoms with Crippen LogP contribution >= 0.6 is 0 Å². The summed E-state index contributed by atoms with van der Waals surface area (Å²) in [4.78, 5) is 0. The van der Waals surface area contributed by atoms with Crippen LogP contribution in [0.25, 0.3) is 0 Å². The molecule has 0 saturated carbocycles. The molecule has 2 heteroatoms. The maximum Gasteiger partial charge on any atom is 0.0807 e. The van der Waals surface area contributed by atoms with Gasteiger partial charge in [0.05, 0.1) is 5.60 Å². The summed E-state index contributed by atoms with van der Waals surface area (Å²) in [7, 11) is 1.70. The minimum Gasteiger partial charge on any atom is -0.377 e. The van der Waals surface area contributed by atoms with Gasteiger partial charge in [-0.2, -0.15) is 0 Å². The van der Waals surface area contributed by atoms with Gasteiger partial charge in [0.2, 0.25) is 0 Å². The Morgan fingerprint density at radius 1 is 1.58 bits per heavy atom. The molecule has 0 aliphatic heterocycles. The van der Waals surface area contributed by atoms with Crippen LogP contribution in [0, 0.1) is 11.8 Å². The number of hydrogen-bond donors (Lipinski definition) is 1. The molecule has 0 aromatic heterocycles. The zero-order valence-corrected chi connectivity index (χ0v) is 8.48. The van der Waals surface area contributed by atoms with Gasteiger partial charge in [0.1, 0.15) is 0 Å². The fraction of sp³-hybridized carbons (Fsp3) is 0.800. The van der Waals surface area contributed by atoms with Gasteiger partial charge in [-0.15, -0.1) is 11.8 Å². The van der Waals surface area contributed by atoms with Crippen LogP contribution in [-0.4, -0.2) is 18.8 Å². The van der Waals surface area contributed by atoms with E-state index in [-0.39, 0.29) is 11.6 Å². The van der Waals surface area contributed by atoms with E-state index in [1.165, 1.54) is 0 Å². The van der Waals surface area contributed by atoms with Crippen molar-refractivity contribution in [3.8, 4) is 11.8 Å². The van der Waals surface area contributed by atoms with Crippen molar-refractivity contribution in [3.63, 3.8) is 0 Å². The van der Waals surface area contributed by atoms with Crippen LogP contribution in [0.4, 0.5) is 0 Å². The lowest BCUT2D eigenvalue weighted by Gasteiger charge is -2.32. The van der Waals surface area contributed by atoms with E-state index in [1.807, 2.05) is 13.8 Å². The lowest BCUT2D eigenvalue weighted by atomic mass is 9.92. The molecule has 0 aromatic rings. The van der Waals surface area contributed by atoms with Crippen molar-refractivity contribution in [2.24, 2.45) is 5.73 Å². The van der Waals surface area contributed by atoms with Gasteiger partial charge in [-0.25, -0.2) is 0 Å². The quantitative estimate of drug-likeness (QED) is 0.648. The summed E-state index contributed by atoms with van der Waals surface area (Å²) in [5.41, 5.74) is 5.70. The molecule has 2 atom stereocenters. The number of ether oxygens (including phenoxy) is 1. The summed E-state index contributed by atoms with van der Waals surface area (Å²) in [5.74, 6) is 5.80. The predicted octanol–water partition coefficient (Wildman–Crippen LogP) is 1.54. The SMILES string of the molecule is CC#CCC(N)C(C)(CC)OC. The highest BCUT2D eigenvalue weighted by Gasteiger charge is 2.28. The second-order valence-corrected chi connectivity index (χ2v) is 3.11. The van der Waals surface area contributed by atoms with E-state index < -0.39 is 0 Å². The molecule has 12 heavy (non-hydrogen) atoms. The van der Waals surface area contributed by atoms with Crippen LogP contribution in [0.15, 0.2) is 0 Å². The summed E-state index contributed by atoms with van der Waals surface area (Å²) < 4.78 is 5.35. The van der Waals surface area contributed by atoms with Crippen molar-refractivity contribution in [3.05, 3.63) is 0 Å². The van der Waals surface area contributed by atoms with E-state index in [4.69, 9.17) is 10.5 Å². The average molecular weight is 169 g/mol. The highest BCUT2D eigenvalue weighted by molar-refractivity contribution is 5.01. The van der Waals surface area contributed by atoms with E-state index in [9.17, 15) is 0 Å². The van der Waals surface area contributed by atoms with Crippen LogP contribution in [0.1, 0.15) is 33.6 Å². The number of nitrogens with two attached hydrogens (primary N) is 1. The fourth-order valence-electron chi connectivity index (χ4n) is 0.986. The zero-order valence-electron chi connectivity index (χ0n) is 8.48. The van der Waals surface area contributed by atoms with E-state index in [1.54, 1.807) is 7.11 Å². The molecule has 0 radical (unpaired) electrons. The molecule has 0 spiro atoms. The zero-order chi connectivity index (χ0) is 9.61. The maximum atomic E-state index is 5.93. The van der Waals surface area contributed by atoms with E-state index in [0.29, 0.717) is 6.42 Å². The Morgan fingerprint density at radius 3 is 2.50 bits per heavy atom. The highest BCUT2D eigenvalue weighted by atomic mass is 16.5. The Hall–Kier alpha value is -0.520. The summed E-state index contributed by atoms with van der Waals surface area (Å²) in [6.45, 7) is 5.92. The molecular formula is C10H19NO. The molecule has 0 bridgehead atoms. The van der Waals surface area contributed by atoms with Crippen LogP contribution in [0.5, 0.6) is 0 Å². The monoisotopic (exact) mass is 169 g/mol. The first-order chi connectivity index (χ1) is 5.60. The van der Waals surface area contributed by atoms with Gasteiger partial charge < -0.3 is 10.5 Å². The molecule has 0 saturated heterocycles. The fourth-order valence-corrected chi connectivity index (χ4v) is 0.986. The van der Waals surface area contributed by atoms with Crippen LogP contribution < -0.4 is 5.73 Å². The third-order valence-corrected chi connectivity index (χ3v) is 2.45. The molecular weight excluding hydrogens is 150 g/mol. The predicted molar refractivity (Wildman–Crippen MR) is 51.7 cm³/mol. The summed E-state index contributed by atoms with van der Waals surface area (Å²) in [5, 5.41) is 0. The van der Waals surface area contributed by atoms with Gasteiger partial charge in [-0.05, 0) is 20.3 Å². The number of rotatable bonds is 4. The summed E-state index contributed by atoms with van der Waals surface area (Å²) >= 11 is 0. The molecule has 2 N–H and O–H groups in total. The van der Waals surface area contributed by atoms with Gasteiger partial charge in [0, 0.05) is 19.6 Å². The summed E-state index contributed by atoms with van der Waals surface area (Å²) in [6.07, 6.45) is 1.62. The van der Waals surface area contributed by atoms with Crippen LogP contribution in [0.3, 0.4) is 0 Å². The van der Waals surface area contributed by atoms with Gasteiger partial charge in [-0.1, -0.05) is 6.92 Å². The third-order valence-electron chi connectivity index (χ3n) is 2.45. The van der Waals surface area contributed by atoms with E-state index in [0.717, 1.165) is 6.42 Å². The average Bonchev–Trinajstić information content (AvgIpc) is 2.12. The Balaban J connectivity index is 4.17. The van der Waals surface area contributed by atoms with Crippen LogP contribution in [0.2, 0.25) is 0 Å². The minimum absolute atomic E-state index is 0.0000463. The normalized spacial score (nSPS) is 17.4. The van der Waals surface area contributed by atoms with Crippen molar-refractivity contribution in [2.75, 3.05) is 7.11 Å². The molecule has 0 aliphatic rings. The van der Waals surface area contributed by atoms with E-state index >= 15 is 0 Å². The smallest absolute Gasteiger partial charge is 0.0807 e. The third kappa shape index (κ3) is 2.84. The molecule has 0 rings (SSSR count). The van der Waals surface area contributed by atoms with Crippen molar-refractivity contribution in [2.45, 2.75) is 45.3 Å². The van der Waals surface area contributed by atoms with Gasteiger partial charge in [0.25, 0.3) is 0 Å². The van der Waals surface area contributed by atoms with Crippen molar-refractivity contribution in [1.29, 1.82) is 0 Å². The Kier molecular flexibility index (Phi) is 4.96. The van der Waals surface area contributed by atoms with E-state index in [2.05, 4.69) is 18.8 Å². The first kappa shape index (κ1) is 11.5. The first-order valence-electron chi connectivity index (χ1n) is 4.31. The Labute approximate surface area is 75.5 Å². The lowest BCUT2D eigenvalue weighted by molar-refractivity contribution is -0.0173. The van der Waals surface area contributed by atoms with Crippen molar-refractivity contribution < 1.29 is 4.74 Å². The van der Waals surface area contributed by atoms with Gasteiger partial charge in [0.15, 0.2) is 0 Å². The maximum absolute atomic E-state index is 5.93. The van der Waals surface area contributed by atoms with Gasteiger partial charge >= 0.3 is 0 Å². The Morgan fingerprint density at radius 2 is 2.17 bits per heavy atom. The van der Waals surface area contributed by atoms with Crippen molar-refractivity contribution in [1.82, 2.24) is 0 Å². The second kappa shape index (κ2) is 5.18. The highest BCUT2D eigenvalue weighted by Crippen LogP contribution is 2.19. The summed E-state index contributed by atoms with van der Waals surface area (Å²) in [6, 6.07) is -0.0000463. The minimum atomic E-state index is -0.232. The largest absolute Gasteiger partial charge is 0.377 e. The molecule has 0 amide bonds. The molecule has 0 aliphatic carbocycles. The molecule has 2 nitrogen and oxygen atoms in total.